The number of anilines is 1. The molecule has 0 aliphatic carbocycles. The number of amides is 3. The Hall–Kier alpha value is -3.19. The van der Waals surface area contributed by atoms with Crippen molar-refractivity contribution in [2.24, 2.45) is 5.92 Å². The van der Waals surface area contributed by atoms with E-state index in [1.54, 1.807) is 48.5 Å². The molecule has 3 rings (SSSR count). The summed E-state index contributed by atoms with van der Waals surface area (Å²) in [5, 5.41) is 3.11. The van der Waals surface area contributed by atoms with Gasteiger partial charge in [-0.3, -0.25) is 19.3 Å². The molecule has 1 atom stereocenters. The molecule has 1 N–H and O–H groups in total. The molecule has 156 valence electrons. The number of fused-ring (bicyclic) bond motifs is 1. The van der Waals surface area contributed by atoms with E-state index in [9.17, 15) is 19.2 Å². The summed E-state index contributed by atoms with van der Waals surface area (Å²) in [7, 11) is 0. The van der Waals surface area contributed by atoms with Gasteiger partial charge in [-0.2, -0.15) is 0 Å². The lowest BCUT2D eigenvalue weighted by molar-refractivity contribution is -0.151. The third-order valence-corrected chi connectivity index (χ3v) is 4.83. The van der Waals surface area contributed by atoms with Gasteiger partial charge in [0.1, 0.15) is 6.04 Å². The lowest BCUT2D eigenvalue weighted by Gasteiger charge is -2.25. The number of nitrogens with zero attached hydrogens (tertiary/aromatic N) is 1. The molecule has 0 fully saturated rings. The number of halogens is 1. The van der Waals surface area contributed by atoms with E-state index in [-0.39, 0.29) is 23.5 Å². The van der Waals surface area contributed by atoms with Crippen LogP contribution in [0.15, 0.2) is 48.5 Å². The molecule has 0 spiro atoms. The minimum atomic E-state index is -1.11. The van der Waals surface area contributed by atoms with Gasteiger partial charge < -0.3 is 10.1 Å². The Labute approximate surface area is 179 Å². The zero-order valence-electron chi connectivity index (χ0n) is 16.6. The predicted octanol–water partition coefficient (Wildman–Crippen LogP) is 3.53. The van der Waals surface area contributed by atoms with E-state index >= 15 is 0 Å². The molecule has 2 aromatic carbocycles. The Morgan fingerprint density at radius 3 is 2.10 bits per heavy atom. The first-order chi connectivity index (χ1) is 14.3. The smallest absolute Gasteiger partial charge is 0.329 e. The zero-order valence-corrected chi connectivity index (χ0v) is 17.3. The van der Waals surface area contributed by atoms with Gasteiger partial charge >= 0.3 is 5.97 Å². The van der Waals surface area contributed by atoms with Gasteiger partial charge in [0.05, 0.1) is 11.1 Å². The van der Waals surface area contributed by atoms with Gasteiger partial charge in [0.15, 0.2) is 6.61 Å². The second kappa shape index (κ2) is 9.09. The van der Waals surface area contributed by atoms with Crippen molar-refractivity contribution < 1.29 is 23.9 Å². The van der Waals surface area contributed by atoms with E-state index in [1.165, 1.54) is 0 Å². The number of hydrogen-bond donors (Lipinski definition) is 1. The van der Waals surface area contributed by atoms with Crippen LogP contribution in [0, 0.1) is 5.92 Å². The average Bonchev–Trinajstić information content (AvgIpc) is 2.97. The molecule has 8 heteroatoms. The van der Waals surface area contributed by atoms with Gasteiger partial charge in [0.2, 0.25) is 0 Å². The maximum Gasteiger partial charge on any atom is 0.329 e. The maximum absolute atomic E-state index is 12.7. The Bertz CT molecular complexity index is 952. The second-order valence-electron chi connectivity index (χ2n) is 7.33. The Morgan fingerprint density at radius 1 is 1.00 bits per heavy atom. The first kappa shape index (κ1) is 21.5. The van der Waals surface area contributed by atoms with Crippen molar-refractivity contribution in [1.82, 2.24) is 4.90 Å². The van der Waals surface area contributed by atoms with Crippen molar-refractivity contribution in [2.75, 3.05) is 11.9 Å². The summed E-state index contributed by atoms with van der Waals surface area (Å²) >= 11 is 5.80. The molecule has 1 aliphatic rings. The van der Waals surface area contributed by atoms with E-state index in [0.29, 0.717) is 10.7 Å². The fraction of sp³-hybridized carbons (Fsp3) is 0.273. The highest BCUT2D eigenvalue weighted by molar-refractivity contribution is 6.30. The molecule has 7 nitrogen and oxygen atoms in total. The van der Waals surface area contributed by atoms with Crippen molar-refractivity contribution in [1.29, 1.82) is 0 Å². The number of carbonyl (C=O) groups excluding carboxylic acids is 4. The molecule has 0 radical (unpaired) electrons. The molecule has 0 saturated carbocycles. The van der Waals surface area contributed by atoms with Crippen LogP contribution in [0.5, 0.6) is 0 Å². The molecule has 1 unspecified atom stereocenters. The van der Waals surface area contributed by atoms with E-state index in [0.717, 1.165) is 4.90 Å². The summed E-state index contributed by atoms with van der Waals surface area (Å²) < 4.78 is 5.15. The van der Waals surface area contributed by atoms with E-state index in [4.69, 9.17) is 16.3 Å². The standard InChI is InChI=1S/C22H21ClN2O5/c1-13(2)11-18(25-20(27)16-5-3-4-6-17(16)21(25)28)22(29)30-12-19(26)24-15-9-7-14(23)8-10-15/h3-10,13,18H,11-12H2,1-2H3,(H,24,26). The monoisotopic (exact) mass is 428 g/mol. The number of esters is 1. The molecule has 0 saturated heterocycles. The largest absolute Gasteiger partial charge is 0.454 e. The minimum absolute atomic E-state index is 0.00903. The molecule has 1 aliphatic heterocycles. The van der Waals surface area contributed by atoms with Crippen LogP contribution in [0.4, 0.5) is 5.69 Å². The number of imide groups is 1. The fourth-order valence-corrected chi connectivity index (χ4v) is 3.33. The van der Waals surface area contributed by atoms with Crippen LogP contribution in [0.25, 0.3) is 0 Å². The molecule has 30 heavy (non-hydrogen) atoms. The van der Waals surface area contributed by atoms with Crippen LogP contribution in [-0.2, 0) is 14.3 Å². The summed E-state index contributed by atoms with van der Waals surface area (Å²) in [6.07, 6.45) is 0.225. The van der Waals surface area contributed by atoms with Crippen LogP contribution in [0.1, 0.15) is 41.0 Å². The van der Waals surface area contributed by atoms with Crippen LogP contribution in [-0.4, -0.2) is 41.2 Å². The van der Waals surface area contributed by atoms with Crippen LogP contribution >= 0.6 is 11.6 Å². The Balaban J connectivity index is 1.69. The average molecular weight is 429 g/mol. The van der Waals surface area contributed by atoms with E-state index in [1.807, 2.05) is 13.8 Å². The van der Waals surface area contributed by atoms with Gasteiger partial charge in [0, 0.05) is 10.7 Å². The third kappa shape index (κ3) is 4.68. The third-order valence-electron chi connectivity index (χ3n) is 4.58. The van der Waals surface area contributed by atoms with Crippen molar-refractivity contribution in [2.45, 2.75) is 26.3 Å². The fourth-order valence-electron chi connectivity index (χ4n) is 3.21. The summed E-state index contributed by atoms with van der Waals surface area (Å²) in [5.41, 5.74) is 1.01. The lowest BCUT2D eigenvalue weighted by Crippen LogP contribution is -2.46. The molecular weight excluding hydrogens is 408 g/mol. The van der Waals surface area contributed by atoms with Crippen molar-refractivity contribution >= 4 is 41.0 Å². The molecule has 2 aromatic rings. The topological polar surface area (TPSA) is 92.8 Å². The molecule has 0 aromatic heterocycles. The van der Waals surface area contributed by atoms with Gasteiger partial charge in [0.25, 0.3) is 17.7 Å². The first-order valence-corrected chi connectivity index (χ1v) is 9.84. The van der Waals surface area contributed by atoms with Gasteiger partial charge in [-0.25, -0.2) is 4.79 Å². The number of nitrogens with one attached hydrogen (secondary N) is 1. The van der Waals surface area contributed by atoms with E-state index in [2.05, 4.69) is 5.32 Å². The quantitative estimate of drug-likeness (QED) is 0.538. The maximum atomic E-state index is 12.7. The molecule has 1 heterocycles. The highest BCUT2D eigenvalue weighted by atomic mass is 35.5. The number of carbonyl (C=O) groups is 4. The number of rotatable bonds is 7. The highest BCUT2D eigenvalue weighted by Gasteiger charge is 2.43. The number of hydrogen-bond acceptors (Lipinski definition) is 5. The number of benzene rings is 2. The lowest BCUT2D eigenvalue weighted by atomic mass is 10.0. The van der Waals surface area contributed by atoms with Gasteiger partial charge in [-0.05, 0) is 48.7 Å². The normalized spacial score (nSPS) is 13.9. The molecular formula is C22H21ClN2O5. The van der Waals surface area contributed by atoms with Gasteiger partial charge in [-0.15, -0.1) is 0 Å². The van der Waals surface area contributed by atoms with Crippen LogP contribution in [0.3, 0.4) is 0 Å². The summed E-state index contributed by atoms with van der Waals surface area (Å²) in [5.74, 6) is -2.41. The van der Waals surface area contributed by atoms with Crippen molar-refractivity contribution in [3.8, 4) is 0 Å². The second-order valence-corrected chi connectivity index (χ2v) is 7.77. The Morgan fingerprint density at radius 2 is 1.57 bits per heavy atom. The SMILES string of the molecule is CC(C)CC(C(=O)OCC(=O)Nc1ccc(Cl)cc1)N1C(=O)c2ccccc2C1=O. The zero-order chi connectivity index (χ0) is 21.8. The van der Waals surface area contributed by atoms with Crippen molar-refractivity contribution in [3.05, 3.63) is 64.7 Å². The molecule has 3 amide bonds. The summed E-state index contributed by atoms with van der Waals surface area (Å²) in [4.78, 5) is 51.3. The molecule has 0 bridgehead atoms. The van der Waals surface area contributed by atoms with Crippen LogP contribution < -0.4 is 5.32 Å². The van der Waals surface area contributed by atoms with Crippen LogP contribution in [0.2, 0.25) is 5.02 Å². The summed E-state index contributed by atoms with van der Waals surface area (Å²) in [6, 6.07) is 11.8. The van der Waals surface area contributed by atoms with E-state index < -0.39 is 36.3 Å². The highest BCUT2D eigenvalue weighted by Crippen LogP contribution is 2.27. The van der Waals surface area contributed by atoms with Gasteiger partial charge in [-0.1, -0.05) is 37.6 Å². The Kier molecular flexibility index (Phi) is 6.52. The number of ether oxygens (including phenoxy) is 1. The van der Waals surface area contributed by atoms with Crippen molar-refractivity contribution in [3.63, 3.8) is 0 Å². The minimum Gasteiger partial charge on any atom is -0.454 e. The summed E-state index contributed by atoms with van der Waals surface area (Å²) in [6.45, 7) is 3.19. The first-order valence-electron chi connectivity index (χ1n) is 9.47. The predicted molar refractivity (Wildman–Crippen MR) is 111 cm³/mol.